The number of hydrogen-bond donors (Lipinski definition) is 3. The SMILES string of the molecule is C=CCNC(=O)c1ccc(NC(=O)CNC)cc1. The summed E-state index contributed by atoms with van der Waals surface area (Å²) >= 11 is 0. The van der Waals surface area contributed by atoms with Crippen LogP contribution in [0.3, 0.4) is 0 Å². The van der Waals surface area contributed by atoms with Gasteiger partial charge in [0, 0.05) is 17.8 Å². The van der Waals surface area contributed by atoms with Gasteiger partial charge in [-0.15, -0.1) is 6.58 Å². The Labute approximate surface area is 106 Å². The third-order valence-corrected chi connectivity index (χ3v) is 2.18. The van der Waals surface area contributed by atoms with Crippen molar-refractivity contribution in [3.8, 4) is 0 Å². The first-order valence-corrected chi connectivity index (χ1v) is 5.61. The number of carbonyl (C=O) groups is 2. The number of hydrogen-bond acceptors (Lipinski definition) is 3. The van der Waals surface area contributed by atoms with Gasteiger partial charge >= 0.3 is 0 Å². The Kier molecular flexibility index (Phi) is 5.60. The van der Waals surface area contributed by atoms with Crippen molar-refractivity contribution in [2.75, 3.05) is 25.5 Å². The van der Waals surface area contributed by atoms with Crippen LogP contribution in [0.1, 0.15) is 10.4 Å². The summed E-state index contributed by atoms with van der Waals surface area (Å²) in [5.41, 5.74) is 1.21. The second-order valence-corrected chi connectivity index (χ2v) is 3.65. The van der Waals surface area contributed by atoms with Gasteiger partial charge in [0.25, 0.3) is 5.91 Å². The quantitative estimate of drug-likeness (QED) is 0.650. The van der Waals surface area contributed by atoms with Gasteiger partial charge in [-0.25, -0.2) is 0 Å². The molecule has 0 unspecified atom stereocenters. The van der Waals surface area contributed by atoms with Gasteiger partial charge in [-0.05, 0) is 31.3 Å². The van der Waals surface area contributed by atoms with Crippen LogP contribution in [0.15, 0.2) is 36.9 Å². The average Bonchev–Trinajstić information content (AvgIpc) is 2.37. The van der Waals surface area contributed by atoms with Crippen LogP contribution in [0.5, 0.6) is 0 Å². The fourth-order valence-electron chi connectivity index (χ4n) is 1.34. The number of nitrogens with one attached hydrogen (secondary N) is 3. The maximum Gasteiger partial charge on any atom is 0.251 e. The topological polar surface area (TPSA) is 70.2 Å². The molecule has 0 aliphatic rings. The molecule has 2 amide bonds. The number of likely N-dealkylation sites (N-methyl/N-ethyl adjacent to an activating group) is 1. The Hall–Kier alpha value is -2.14. The maximum atomic E-state index is 11.6. The Morgan fingerprint density at radius 2 is 1.94 bits per heavy atom. The minimum Gasteiger partial charge on any atom is -0.349 e. The van der Waals surface area contributed by atoms with E-state index in [1.54, 1.807) is 37.4 Å². The van der Waals surface area contributed by atoms with Gasteiger partial charge in [-0.2, -0.15) is 0 Å². The second kappa shape index (κ2) is 7.24. The molecule has 0 bridgehead atoms. The number of benzene rings is 1. The summed E-state index contributed by atoms with van der Waals surface area (Å²) in [6, 6.07) is 6.70. The standard InChI is InChI=1S/C13H17N3O2/c1-3-8-15-13(18)10-4-6-11(7-5-10)16-12(17)9-14-2/h3-7,14H,1,8-9H2,2H3,(H,15,18)(H,16,17). The van der Waals surface area contributed by atoms with Gasteiger partial charge < -0.3 is 16.0 Å². The molecule has 5 nitrogen and oxygen atoms in total. The van der Waals surface area contributed by atoms with Crippen molar-refractivity contribution in [3.63, 3.8) is 0 Å². The highest BCUT2D eigenvalue weighted by Gasteiger charge is 2.05. The van der Waals surface area contributed by atoms with Crippen molar-refractivity contribution in [1.82, 2.24) is 10.6 Å². The van der Waals surface area contributed by atoms with E-state index in [2.05, 4.69) is 22.5 Å². The predicted octanol–water partition coefficient (Wildman–Crippen LogP) is 0.760. The first-order valence-electron chi connectivity index (χ1n) is 5.61. The van der Waals surface area contributed by atoms with Crippen LogP contribution in [0, 0.1) is 0 Å². The molecule has 0 aromatic heterocycles. The maximum absolute atomic E-state index is 11.6. The van der Waals surface area contributed by atoms with Crippen molar-refractivity contribution >= 4 is 17.5 Å². The summed E-state index contributed by atoms with van der Waals surface area (Å²) < 4.78 is 0. The third-order valence-electron chi connectivity index (χ3n) is 2.18. The number of anilines is 1. The summed E-state index contributed by atoms with van der Waals surface area (Å²) in [6.45, 7) is 4.20. The van der Waals surface area contributed by atoms with Crippen LogP contribution in [0.25, 0.3) is 0 Å². The molecule has 0 aliphatic carbocycles. The molecule has 0 saturated heterocycles. The Bertz CT molecular complexity index is 426. The van der Waals surface area contributed by atoms with E-state index in [0.29, 0.717) is 17.8 Å². The van der Waals surface area contributed by atoms with Crippen LogP contribution in [0.4, 0.5) is 5.69 Å². The lowest BCUT2D eigenvalue weighted by atomic mass is 10.2. The normalized spacial score (nSPS) is 9.61. The van der Waals surface area contributed by atoms with Crippen molar-refractivity contribution < 1.29 is 9.59 Å². The van der Waals surface area contributed by atoms with E-state index in [0.717, 1.165) is 0 Å². The van der Waals surface area contributed by atoms with E-state index < -0.39 is 0 Å². The molecule has 5 heteroatoms. The Morgan fingerprint density at radius 1 is 1.28 bits per heavy atom. The molecule has 18 heavy (non-hydrogen) atoms. The fourth-order valence-corrected chi connectivity index (χ4v) is 1.34. The van der Waals surface area contributed by atoms with Crippen molar-refractivity contribution in [3.05, 3.63) is 42.5 Å². The zero-order chi connectivity index (χ0) is 13.4. The molecule has 1 aromatic carbocycles. The first-order chi connectivity index (χ1) is 8.67. The number of rotatable bonds is 6. The lowest BCUT2D eigenvalue weighted by molar-refractivity contribution is -0.115. The van der Waals surface area contributed by atoms with Gasteiger partial charge in [0.1, 0.15) is 0 Å². The first kappa shape index (κ1) is 13.9. The molecule has 0 radical (unpaired) electrons. The van der Waals surface area contributed by atoms with Crippen molar-refractivity contribution in [2.24, 2.45) is 0 Å². The Morgan fingerprint density at radius 3 is 2.50 bits per heavy atom. The molecule has 0 atom stereocenters. The van der Waals surface area contributed by atoms with E-state index >= 15 is 0 Å². The average molecular weight is 247 g/mol. The van der Waals surface area contributed by atoms with Crippen LogP contribution >= 0.6 is 0 Å². The fraction of sp³-hybridized carbons (Fsp3) is 0.231. The van der Waals surface area contributed by atoms with Gasteiger partial charge in [-0.1, -0.05) is 6.08 Å². The van der Waals surface area contributed by atoms with E-state index in [1.165, 1.54) is 0 Å². The van der Waals surface area contributed by atoms with E-state index in [-0.39, 0.29) is 18.4 Å². The summed E-state index contributed by atoms with van der Waals surface area (Å²) in [5.74, 6) is -0.288. The molecule has 0 spiro atoms. The lowest BCUT2D eigenvalue weighted by Crippen LogP contribution is -2.25. The molecule has 0 aliphatic heterocycles. The molecular weight excluding hydrogens is 230 g/mol. The van der Waals surface area contributed by atoms with Gasteiger partial charge in [0.15, 0.2) is 0 Å². The van der Waals surface area contributed by atoms with Crippen molar-refractivity contribution in [1.29, 1.82) is 0 Å². The lowest BCUT2D eigenvalue weighted by Gasteiger charge is -2.06. The minimum absolute atomic E-state index is 0.124. The molecule has 0 heterocycles. The van der Waals surface area contributed by atoms with Gasteiger partial charge in [-0.3, -0.25) is 9.59 Å². The summed E-state index contributed by atoms with van der Waals surface area (Å²) in [4.78, 5) is 22.9. The summed E-state index contributed by atoms with van der Waals surface area (Å²) in [6.07, 6.45) is 1.62. The van der Waals surface area contributed by atoms with Crippen LogP contribution in [-0.4, -0.2) is 32.0 Å². The van der Waals surface area contributed by atoms with Crippen LogP contribution in [-0.2, 0) is 4.79 Å². The highest BCUT2D eigenvalue weighted by Crippen LogP contribution is 2.09. The van der Waals surface area contributed by atoms with Crippen molar-refractivity contribution in [2.45, 2.75) is 0 Å². The molecule has 1 rings (SSSR count). The molecule has 96 valence electrons. The van der Waals surface area contributed by atoms with Crippen LogP contribution in [0.2, 0.25) is 0 Å². The molecule has 0 saturated carbocycles. The Balaban J connectivity index is 2.59. The van der Waals surface area contributed by atoms with E-state index in [4.69, 9.17) is 0 Å². The zero-order valence-electron chi connectivity index (χ0n) is 10.3. The minimum atomic E-state index is -0.164. The monoisotopic (exact) mass is 247 g/mol. The second-order valence-electron chi connectivity index (χ2n) is 3.65. The molecular formula is C13H17N3O2. The largest absolute Gasteiger partial charge is 0.349 e. The highest BCUT2D eigenvalue weighted by molar-refractivity contribution is 5.96. The van der Waals surface area contributed by atoms with Gasteiger partial charge in [0.2, 0.25) is 5.91 Å². The van der Waals surface area contributed by atoms with Crippen LogP contribution < -0.4 is 16.0 Å². The molecule has 3 N–H and O–H groups in total. The van der Waals surface area contributed by atoms with E-state index in [9.17, 15) is 9.59 Å². The zero-order valence-corrected chi connectivity index (χ0v) is 10.3. The number of carbonyl (C=O) groups excluding carboxylic acids is 2. The molecule has 0 fully saturated rings. The number of amides is 2. The molecule has 1 aromatic rings. The smallest absolute Gasteiger partial charge is 0.251 e. The predicted molar refractivity (Wildman–Crippen MR) is 71.5 cm³/mol. The van der Waals surface area contributed by atoms with E-state index in [1.807, 2.05) is 0 Å². The highest BCUT2D eigenvalue weighted by atomic mass is 16.2. The summed E-state index contributed by atoms with van der Waals surface area (Å²) in [5, 5.41) is 8.13. The van der Waals surface area contributed by atoms with Gasteiger partial charge in [0.05, 0.1) is 6.54 Å². The third kappa shape index (κ3) is 4.39. The summed E-state index contributed by atoms with van der Waals surface area (Å²) in [7, 11) is 1.70.